The van der Waals surface area contributed by atoms with Gasteiger partial charge in [-0.05, 0) is 55.8 Å². The Bertz CT molecular complexity index is 988. The van der Waals surface area contributed by atoms with Gasteiger partial charge in [-0.25, -0.2) is 9.97 Å². The summed E-state index contributed by atoms with van der Waals surface area (Å²) < 4.78 is 48.3. The van der Waals surface area contributed by atoms with E-state index in [1.165, 1.54) is 12.1 Å². The van der Waals surface area contributed by atoms with E-state index in [1.807, 2.05) is 16.7 Å². The molecule has 30 heavy (non-hydrogen) atoms. The molecule has 0 bridgehead atoms. The van der Waals surface area contributed by atoms with Crippen LogP contribution >= 0.6 is 0 Å². The minimum absolute atomic E-state index is 0.255. The normalized spacial score (nSPS) is 17.7. The number of pyridine rings is 1. The predicted octanol–water partition coefficient (Wildman–Crippen LogP) is 4.11. The van der Waals surface area contributed by atoms with E-state index in [4.69, 9.17) is 4.74 Å². The number of nitrogens with zero attached hydrogens (tertiary/aromatic N) is 4. The highest BCUT2D eigenvalue weighted by molar-refractivity contribution is 5.75. The Hall–Kier alpha value is -2.65. The van der Waals surface area contributed by atoms with Gasteiger partial charge >= 0.3 is 6.36 Å². The number of halogens is 3. The van der Waals surface area contributed by atoms with E-state index >= 15 is 0 Å². The molecular weight excluding hydrogens is 397 g/mol. The molecule has 3 aromatic rings. The van der Waals surface area contributed by atoms with Crippen molar-refractivity contribution in [3.63, 3.8) is 0 Å². The van der Waals surface area contributed by atoms with Crippen LogP contribution < -0.4 is 4.74 Å². The van der Waals surface area contributed by atoms with Gasteiger partial charge in [-0.3, -0.25) is 0 Å². The average molecular weight is 420 g/mol. The van der Waals surface area contributed by atoms with Gasteiger partial charge in [0.05, 0.1) is 18.1 Å². The summed E-state index contributed by atoms with van der Waals surface area (Å²) in [5, 5.41) is 0. The lowest BCUT2D eigenvalue weighted by atomic mass is 10.1. The standard InChI is InChI=1S/C21H23F3N4O2/c1-29-17-9-12-27(13-17)10-2-11-28-14-25-19-8-7-18(26-20(19)28)15-3-5-16(6-4-15)30-21(22,23)24/h3-8,14,17H,2,9-13H2,1H3/t17-/m1/s1. The van der Waals surface area contributed by atoms with Gasteiger partial charge in [-0.15, -0.1) is 13.2 Å². The molecule has 1 aromatic carbocycles. The number of hydrogen-bond donors (Lipinski definition) is 0. The maximum Gasteiger partial charge on any atom is 0.573 e. The molecule has 0 N–H and O–H groups in total. The zero-order chi connectivity index (χ0) is 21.1. The fraction of sp³-hybridized carbons (Fsp3) is 0.429. The van der Waals surface area contributed by atoms with Gasteiger partial charge in [0.25, 0.3) is 0 Å². The van der Waals surface area contributed by atoms with E-state index in [1.54, 1.807) is 25.6 Å². The maximum atomic E-state index is 12.3. The van der Waals surface area contributed by atoms with Crippen LogP contribution in [0.4, 0.5) is 13.2 Å². The van der Waals surface area contributed by atoms with Crippen molar-refractivity contribution in [2.45, 2.75) is 31.9 Å². The van der Waals surface area contributed by atoms with Crippen molar-refractivity contribution in [2.24, 2.45) is 0 Å². The third kappa shape index (κ3) is 4.91. The first-order valence-electron chi connectivity index (χ1n) is 9.84. The average Bonchev–Trinajstić information content (AvgIpc) is 3.34. The second-order valence-corrected chi connectivity index (χ2v) is 7.35. The van der Waals surface area contributed by atoms with Gasteiger partial charge in [0.2, 0.25) is 0 Å². The van der Waals surface area contributed by atoms with E-state index in [0.29, 0.717) is 17.4 Å². The van der Waals surface area contributed by atoms with Gasteiger partial charge in [0.15, 0.2) is 5.65 Å². The van der Waals surface area contributed by atoms with Gasteiger partial charge in [-0.2, -0.15) is 0 Å². The Labute approximate surface area is 172 Å². The van der Waals surface area contributed by atoms with Crippen molar-refractivity contribution in [1.82, 2.24) is 19.4 Å². The Morgan fingerprint density at radius 1 is 1.10 bits per heavy atom. The first kappa shape index (κ1) is 20.6. The molecule has 9 heteroatoms. The van der Waals surface area contributed by atoms with Crippen LogP contribution in [0.1, 0.15) is 12.8 Å². The lowest BCUT2D eigenvalue weighted by molar-refractivity contribution is -0.274. The fourth-order valence-electron chi connectivity index (χ4n) is 3.75. The summed E-state index contributed by atoms with van der Waals surface area (Å²) in [7, 11) is 1.76. The summed E-state index contributed by atoms with van der Waals surface area (Å²) >= 11 is 0. The largest absolute Gasteiger partial charge is 0.573 e. The van der Waals surface area contributed by atoms with Crippen molar-refractivity contribution in [3.8, 4) is 17.0 Å². The summed E-state index contributed by atoms with van der Waals surface area (Å²) in [4.78, 5) is 11.5. The van der Waals surface area contributed by atoms with Crippen molar-refractivity contribution in [1.29, 1.82) is 0 Å². The summed E-state index contributed by atoms with van der Waals surface area (Å²) in [5.41, 5.74) is 2.93. The number of aryl methyl sites for hydroxylation is 1. The minimum Gasteiger partial charge on any atom is -0.406 e. The Balaban J connectivity index is 1.43. The maximum absolute atomic E-state index is 12.3. The van der Waals surface area contributed by atoms with Crippen LogP contribution in [0, 0.1) is 0 Å². The zero-order valence-electron chi connectivity index (χ0n) is 16.6. The second kappa shape index (κ2) is 8.61. The SMILES string of the molecule is CO[C@@H]1CCN(CCCn2cnc3ccc(-c4ccc(OC(F)(F)F)cc4)nc32)C1. The van der Waals surface area contributed by atoms with Gasteiger partial charge in [-0.1, -0.05) is 0 Å². The van der Waals surface area contributed by atoms with E-state index in [2.05, 4.69) is 19.6 Å². The number of aromatic nitrogens is 3. The third-order valence-corrected chi connectivity index (χ3v) is 5.28. The number of alkyl halides is 3. The monoisotopic (exact) mass is 420 g/mol. The molecule has 1 aliphatic rings. The molecule has 6 nitrogen and oxygen atoms in total. The van der Waals surface area contributed by atoms with Crippen molar-refractivity contribution >= 4 is 11.2 Å². The molecule has 0 spiro atoms. The number of benzene rings is 1. The number of rotatable bonds is 7. The molecule has 3 heterocycles. The molecule has 0 aliphatic carbocycles. The molecule has 1 aliphatic heterocycles. The van der Waals surface area contributed by atoms with Crippen molar-refractivity contribution < 1.29 is 22.6 Å². The van der Waals surface area contributed by atoms with E-state index in [9.17, 15) is 13.2 Å². The molecule has 4 rings (SSSR count). The number of imidazole rings is 1. The summed E-state index contributed by atoms with van der Waals surface area (Å²) in [6, 6.07) is 9.39. The highest BCUT2D eigenvalue weighted by Gasteiger charge is 2.31. The van der Waals surface area contributed by atoms with Crippen molar-refractivity contribution in [2.75, 3.05) is 26.7 Å². The fourth-order valence-corrected chi connectivity index (χ4v) is 3.75. The molecule has 0 amide bonds. The van der Waals surface area contributed by atoms with Crippen LogP contribution in [-0.4, -0.2) is 58.6 Å². The first-order valence-corrected chi connectivity index (χ1v) is 9.84. The number of methoxy groups -OCH3 is 1. The molecule has 0 radical (unpaired) electrons. The van der Waals surface area contributed by atoms with Gasteiger partial charge in [0, 0.05) is 32.3 Å². The van der Waals surface area contributed by atoms with Crippen LogP contribution in [0.15, 0.2) is 42.7 Å². The molecule has 1 fully saturated rings. The van der Waals surface area contributed by atoms with Gasteiger partial charge < -0.3 is 18.9 Å². The highest BCUT2D eigenvalue weighted by Crippen LogP contribution is 2.26. The van der Waals surface area contributed by atoms with Crippen molar-refractivity contribution in [3.05, 3.63) is 42.7 Å². The molecule has 1 atom stereocenters. The minimum atomic E-state index is -4.70. The zero-order valence-corrected chi connectivity index (χ0v) is 16.6. The molecule has 160 valence electrons. The van der Waals surface area contributed by atoms with Gasteiger partial charge in [0.1, 0.15) is 11.3 Å². The number of hydrogen-bond acceptors (Lipinski definition) is 5. The van der Waals surface area contributed by atoms with E-state index in [-0.39, 0.29) is 5.75 Å². The molecule has 0 saturated carbocycles. The smallest absolute Gasteiger partial charge is 0.406 e. The van der Waals surface area contributed by atoms with E-state index < -0.39 is 6.36 Å². The van der Waals surface area contributed by atoms with Crippen LogP contribution in [0.2, 0.25) is 0 Å². The topological polar surface area (TPSA) is 52.4 Å². The lowest BCUT2D eigenvalue weighted by Gasteiger charge is -2.15. The number of fused-ring (bicyclic) bond motifs is 1. The highest BCUT2D eigenvalue weighted by atomic mass is 19.4. The summed E-state index contributed by atoms with van der Waals surface area (Å²) in [5.74, 6) is -0.255. The molecular formula is C21H23F3N4O2. The summed E-state index contributed by atoms with van der Waals surface area (Å²) in [6.45, 7) is 3.80. The lowest BCUT2D eigenvalue weighted by Crippen LogP contribution is -2.24. The Kier molecular flexibility index (Phi) is 5.92. The van der Waals surface area contributed by atoms with Crippen LogP contribution in [0.3, 0.4) is 0 Å². The van der Waals surface area contributed by atoms with Crippen LogP contribution in [0.25, 0.3) is 22.4 Å². The first-order chi connectivity index (χ1) is 14.4. The number of ether oxygens (including phenoxy) is 2. The second-order valence-electron chi connectivity index (χ2n) is 7.35. The quantitative estimate of drug-likeness (QED) is 0.576. The number of likely N-dealkylation sites (tertiary alicyclic amines) is 1. The Morgan fingerprint density at radius 3 is 2.60 bits per heavy atom. The summed E-state index contributed by atoms with van der Waals surface area (Å²) in [6.07, 6.45) is -0.551. The molecule has 0 unspecified atom stereocenters. The molecule has 1 saturated heterocycles. The van der Waals surface area contributed by atoms with Crippen LogP contribution in [-0.2, 0) is 11.3 Å². The third-order valence-electron chi connectivity index (χ3n) is 5.28. The molecule has 2 aromatic heterocycles. The van der Waals surface area contributed by atoms with Crippen LogP contribution in [0.5, 0.6) is 5.75 Å². The van der Waals surface area contributed by atoms with E-state index in [0.717, 1.165) is 50.2 Å². The Morgan fingerprint density at radius 2 is 1.90 bits per heavy atom. The predicted molar refractivity (Wildman–Crippen MR) is 106 cm³/mol.